The van der Waals surface area contributed by atoms with Crippen LogP contribution in [0.2, 0.25) is 0 Å². The Balaban J connectivity index is 2.30. The van der Waals surface area contributed by atoms with Gasteiger partial charge in [-0.1, -0.05) is 31.5 Å². The van der Waals surface area contributed by atoms with Crippen LogP contribution in [0, 0.1) is 11.3 Å². The molecule has 0 spiro atoms. The van der Waals surface area contributed by atoms with Crippen LogP contribution in [-0.4, -0.2) is 10.7 Å². The van der Waals surface area contributed by atoms with Gasteiger partial charge in [0.25, 0.3) is 0 Å². The molecule has 1 N–H and O–H groups in total. The molecule has 0 bridgehead atoms. The Labute approximate surface area is 112 Å². The van der Waals surface area contributed by atoms with Crippen LogP contribution in [0.1, 0.15) is 25.3 Å². The van der Waals surface area contributed by atoms with Gasteiger partial charge in [-0.15, -0.1) is 11.8 Å². The third-order valence-electron chi connectivity index (χ3n) is 2.80. The molecule has 1 aromatic carbocycles. The van der Waals surface area contributed by atoms with Gasteiger partial charge in [0.1, 0.15) is 6.07 Å². The molecule has 18 heavy (non-hydrogen) atoms. The zero-order chi connectivity index (χ0) is 12.8. The second kappa shape index (κ2) is 6.32. The van der Waals surface area contributed by atoms with E-state index in [1.165, 1.54) is 17.7 Å². The first-order chi connectivity index (χ1) is 8.86. The third kappa shape index (κ3) is 2.77. The summed E-state index contributed by atoms with van der Waals surface area (Å²) in [6.45, 7) is 2.20. The summed E-state index contributed by atoms with van der Waals surface area (Å²) in [6, 6.07) is 10.5. The molecule has 92 valence electrons. The van der Waals surface area contributed by atoms with Gasteiger partial charge in [-0.3, -0.25) is 0 Å². The fraction of sp³-hybridized carbons (Fsp3) is 0.267. The topological polar surface area (TPSA) is 39.6 Å². The summed E-state index contributed by atoms with van der Waals surface area (Å²) in [4.78, 5) is 4.26. The van der Waals surface area contributed by atoms with Crippen molar-refractivity contribution < 1.29 is 0 Å². The van der Waals surface area contributed by atoms with Gasteiger partial charge < -0.3 is 4.98 Å². The maximum Gasteiger partial charge on any atom is 0.101 e. The summed E-state index contributed by atoms with van der Waals surface area (Å²) in [5.74, 6) is 1.12. The molecule has 0 atom stereocenters. The molecule has 2 nitrogen and oxygen atoms in total. The maximum atomic E-state index is 9.10. The van der Waals surface area contributed by atoms with E-state index in [0.717, 1.165) is 16.9 Å². The molecule has 1 aromatic heterocycles. The van der Waals surface area contributed by atoms with Crippen LogP contribution in [0.4, 0.5) is 0 Å². The zero-order valence-electron chi connectivity index (χ0n) is 10.4. The van der Waals surface area contributed by atoms with Crippen molar-refractivity contribution in [1.29, 1.82) is 5.26 Å². The van der Waals surface area contributed by atoms with E-state index >= 15 is 0 Å². The molecular weight excluding hydrogens is 240 g/mol. The van der Waals surface area contributed by atoms with Gasteiger partial charge in [-0.2, -0.15) is 5.26 Å². The number of nitrogens with zero attached hydrogens (tertiary/aromatic N) is 1. The van der Waals surface area contributed by atoms with Gasteiger partial charge in [0.2, 0.25) is 0 Å². The summed E-state index contributed by atoms with van der Waals surface area (Å²) in [6.07, 6.45) is 6.08. The molecule has 0 amide bonds. The molecule has 2 rings (SSSR count). The van der Waals surface area contributed by atoms with E-state index in [-0.39, 0.29) is 0 Å². The minimum absolute atomic E-state index is 0.707. The van der Waals surface area contributed by atoms with E-state index < -0.39 is 0 Å². The van der Waals surface area contributed by atoms with E-state index in [2.05, 4.69) is 36.2 Å². The zero-order valence-corrected chi connectivity index (χ0v) is 11.3. The second-order valence-corrected chi connectivity index (χ2v) is 5.23. The molecule has 3 heteroatoms. The monoisotopic (exact) mass is 256 g/mol. The van der Waals surface area contributed by atoms with Crippen LogP contribution in [0.3, 0.4) is 0 Å². The lowest BCUT2D eigenvalue weighted by Gasteiger charge is -2.07. The smallest absolute Gasteiger partial charge is 0.101 e. The average molecular weight is 256 g/mol. The number of hydrogen-bond acceptors (Lipinski definition) is 2. The van der Waals surface area contributed by atoms with Crippen LogP contribution in [0.25, 0.3) is 11.1 Å². The van der Waals surface area contributed by atoms with Crippen molar-refractivity contribution in [3.05, 3.63) is 42.2 Å². The summed E-state index contributed by atoms with van der Waals surface area (Å²) >= 11 is 1.87. The van der Waals surface area contributed by atoms with Crippen molar-refractivity contribution in [2.45, 2.75) is 24.7 Å². The van der Waals surface area contributed by atoms with Crippen LogP contribution in [0.5, 0.6) is 0 Å². The highest BCUT2D eigenvalue weighted by Gasteiger charge is 2.10. The van der Waals surface area contributed by atoms with E-state index in [4.69, 9.17) is 5.26 Å². The van der Waals surface area contributed by atoms with Crippen molar-refractivity contribution in [1.82, 2.24) is 4.98 Å². The number of benzene rings is 1. The minimum atomic E-state index is 0.707. The predicted molar refractivity (Wildman–Crippen MR) is 76.6 cm³/mol. The molecule has 0 fully saturated rings. The van der Waals surface area contributed by atoms with Gasteiger partial charge in [-0.05, 0) is 23.8 Å². The van der Waals surface area contributed by atoms with E-state index in [9.17, 15) is 0 Å². The Kier molecular flexibility index (Phi) is 4.49. The molecule has 0 aliphatic rings. The fourth-order valence-electron chi connectivity index (χ4n) is 1.82. The number of hydrogen-bond donors (Lipinski definition) is 1. The molecule has 1 heterocycles. The number of unbranched alkanes of at least 4 members (excludes halogenated alkanes) is 1. The summed E-state index contributed by atoms with van der Waals surface area (Å²) in [5, 5.41) is 9.10. The quantitative estimate of drug-likeness (QED) is 0.634. The van der Waals surface area contributed by atoms with E-state index in [0.29, 0.717) is 5.56 Å². The van der Waals surface area contributed by atoms with Crippen molar-refractivity contribution in [3.8, 4) is 17.2 Å². The number of rotatable bonds is 5. The Morgan fingerprint density at radius 1 is 1.22 bits per heavy atom. The van der Waals surface area contributed by atoms with Gasteiger partial charge in [0, 0.05) is 22.9 Å². The first-order valence-electron chi connectivity index (χ1n) is 6.16. The SMILES string of the molecule is CCCCSc1ccccc1-c1c[nH]cc1C#N. The second-order valence-electron chi connectivity index (χ2n) is 4.09. The number of nitriles is 1. The van der Waals surface area contributed by atoms with Gasteiger partial charge in [0.05, 0.1) is 5.56 Å². The number of H-pyrrole nitrogens is 1. The lowest BCUT2D eigenvalue weighted by Crippen LogP contribution is -1.85. The highest BCUT2D eigenvalue weighted by molar-refractivity contribution is 7.99. The van der Waals surface area contributed by atoms with Gasteiger partial charge >= 0.3 is 0 Å². The largest absolute Gasteiger partial charge is 0.366 e. The van der Waals surface area contributed by atoms with Crippen molar-refractivity contribution >= 4 is 11.8 Å². The normalized spacial score (nSPS) is 10.2. The molecule has 2 aromatic rings. The highest BCUT2D eigenvalue weighted by atomic mass is 32.2. The van der Waals surface area contributed by atoms with Crippen LogP contribution < -0.4 is 0 Å². The fourth-order valence-corrected chi connectivity index (χ4v) is 2.98. The Hall–Kier alpha value is -1.66. The number of thioether (sulfide) groups is 1. The predicted octanol–water partition coefficient (Wildman–Crippen LogP) is 4.45. The molecule has 0 aliphatic heterocycles. The summed E-state index contributed by atoms with van der Waals surface area (Å²) in [7, 11) is 0. The molecule has 0 saturated carbocycles. The first-order valence-corrected chi connectivity index (χ1v) is 7.14. The van der Waals surface area contributed by atoms with Crippen LogP contribution >= 0.6 is 11.8 Å². The van der Waals surface area contributed by atoms with E-state index in [1.807, 2.05) is 24.0 Å². The summed E-state index contributed by atoms with van der Waals surface area (Å²) in [5.41, 5.74) is 2.85. The Morgan fingerprint density at radius 3 is 2.83 bits per heavy atom. The lowest BCUT2D eigenvalue weighted by atomic mass is 10.1. The van der Waals surface area contributed by atoms with E-state index in [1.54, 1.807) is 6.20 Å². The molecule has 0 unspecified atom stereocenters. The van der Waals surface area contributed by atoms with Crippen molar-refractivity contribution in [2.24, 2.45) is 0 Å². The molecular formula is C15H16N2S. The van der Waals surface area contributed by atoms with Crippen LogP contribution in [-0.2, 0) is 0 Å². The Bertz CT molecular complexity index is 552. The van der Waals surface area contributed by atoms with Crippen molar-refractivity contribution in [2.75, 3.05) is 5.75 Å². The molecule has 0 radical (unpaired) electrons. The van der Waals surface area contributed by atoms with Gasteiger partial charge in [0.15, 0.2) is 0 Å². The number of aromatic amines is 1. The third-order valence-corrected chi connectivity index (χ3v) is 3.96. The molecule has 0 saturated heterocycles. The lowest BCUT2D eigenvalue weighted by molar-refractivity contribution is 0.896. The first kappa shape index (κ1) is 12.8. The summed E-state index contributed by atoms with van der Waals surface area (Å²) < 4.78 is 0. The number of nitrogens with one attached hydrogen (secondary N) is 1. The van der Waals surface area contributed by atoms with Crippen LogP contribution in [0.15, 0.2) is 41.6 Å². The standard InChI is InChI=1S/C15H16N2S/c1-2-3-8-18-15-7-5-4-6-13(15)14-11-17-10-12(14)9-16/h4-7,10-11,17H,2-3,8H2,1H3. The van der Waals surface area contributed by atoms with Crippen molar-refractivity contribution in [3.63, 3.8) is 0 Å². The van der Waals surface area contributed by atoms with Gasteiger partial charge in [-0.25, -0.2) is 0 Å². The highest BCUT2D eigenvalue weighted by Crippen LogP contribution is 2.33. The number of aromatic nitrogens is 1. The average Bonchev–Trinajstić information content (AvgIpc) is 2.88. The molecule has 0 aliphatic carbocycles. The Morgan fingerprint density at radius 2 is 2.06 bits per heavy atom. The maximum absolute atomic E-state index is 9.10. The minimum Gasteiger partial charge on any atom is -0.366 e.